The molecule has 3 saturated heterocycles. The Hall–Kier alpha value is -4.37. The number of aromatic nitrogens is 6. The molecule has 0 saturated carbocycles. The van der Waals surface area contributed by atoms with Crippen LogP contribution in [0.1, 0.15) is 45.9 Å². The summed E-state index contributed by atoms with van der Waals surface area (Å²) in [5.41, 5.74) is 7.65. The van der Waals surface area contributed by atoms with E-state index in [9.17, 15) is 23.8 Å². The second-order valence-electron chi connectivity index (χ2n) is 13.6. The molecule has 23 heteroatoms. The molecule has 306 valence electrons. The lowest BCUT2D eigenvalue weighted by Crippen LogP contribution is -2.40. The molecule has 2 unspecified atom stereocenters. The molecule has 0 aliphatic carbocycles. The van der Waals surface area contributed by atoms with Gasteiger partial charge >= 0.3 is 20.3 Å². The largest absolute Gasteiger partial charge is 0.472 e. The van der Waals surface area contributed by atoms with Gasteiger partial charge in [0.1, 0.15) is 36.3 Å². The summed E-state index contributed by atoms with van der Waals surface area (Å²) in [6.45, 7) is -3.38. The van der Waals surface area contributed by atoms with E-state index in [0.29, 0.717) is 16.7 Å². The van der Waals surface area contributed by atoms with E-state index in [1.807, 2.05) is 19.1 Å². The molecule has 58 heavy (non-hydrogen) atoms. The number of methoxy groups -OCH3 is 1. The van der Waals surface area contributed by atoms with Crippen molar-refractivity contribution in [2.75, 3.05) is 26.1 Å². The number of aryl methyl sites for hydroxylation is 1. The lowest BCUT2D eigenvalue weighted by molar-refractivity contribution is -0.0668. The number of nitrogens with two attached hydrogens (primary N) is 1. The second kappa shape index (κ2) is 16.4. The highest BCUT2D eigenvalue weighted by Crippen LogP contribution is 2.64. The average Bonchev–Trinajstić information content (AvgIpc) is 3.91. The van der Waals surface area contributed by atoms with Crippen molar-refractivity contribution in [2.45, 2.75) is 62.1 Å². The summed E-state index contributed by atoms with van der Waals surface area (Å²) in [5.74, 6) is 0.0157. The number of carbonyl (C=O) groups is 1. The molecule has 3 aliphatic rings. The first-order valence-corrected chi connectivity index (χ1v) is 22.4. The summed E-state index contributed by atoms with van der Waals surface area (Å²) in [7, 11) is -3.58. The van der Waals surface area contributed by atoms with Crippen molar-refractivity contribution in [2.24, 2.45) is 0 Å². The molecular formula is C35H37N7O13P2S. The normalized spacial score (nSPS) is 30.3. The number of fused-ring (bicyclic) bond motifs is 5. The zero-order valence-electron chi connectivity index (χ0n) is 30.8. The lowest BCUT2D eigenvalue weighted by Gasteiger charge is -2.28. The Morgan fingerprint density at radius 3 is 2.41 bits per heavy atom. The minimum atomic E-state index is -4.88. The standard InChI is InChI=1S/C35H37N7O13P2S/c1-19-3-7-21(8-4-19)28(44)22-9-5-20(6-10-22)16-58-57(48)51-14-23-13-24(33(52-23)42-18-39-27-31(36)37-17-38-32(27)42)54-56(46,47)50-15-25-29(49-2)30(55-57)34(53-25)41-12-11-26(43)40-35(41)45/h3-12,17-18,23-25,29-30,33-34H,13-16H2,1-2H3,(H,46,47)(H2,36,37,38)(H,40,43,45)/t23-,24+,25+,29+,30+,33+,34+,57?/m0/s1. The number of nitrogen functional groups attached to an aromatic ring is 1. The van der Waals surface area contributed by atoms with E-state index in [4.69, 9.17) is 38.0 Å². The summed E-state index contributed by atoms with van der Waals surface area (Å²) in [5, 5.41) is 0. The number of rotatable bonds is 8. The highest BCUT2D eigenvalue weighted by atomic mass is 32.7. The van der Waals surface area contributed by atoms with Gasteiger partial charge in [-0.3, -0.25) is 41.8 Å². The van der Waals surface area contributed by atoms with E-state index in [1.54, 1.807) is 36.4 Å². The van der Waals surface area contributed by atoms with Crippen LogP contribution in [0.15, 0.2) is 83.0 Å². The summed E-state index contributed by atoms with van der Waals surface area (Å²) < 4.78 is 72.7. The molecule has 0 spiro atoms. The number of imidazole rings is 1. The lowest BCUT2D eigenvalue weighted by atomic mass is 10.0. The number of hydrogen-bond acceptors (Lipinski definition) is 17. The van der Waals surface area contributed by atoms with Crippen molar-refractivity contribution >= 4 is 48.8 Å². The van der Waals surface area contributed by atoms with E-state index in [2.05, 4.69) is 19.9 Å². The zero-order valence-corrected chi connectivity index (χ0v) is 33.4. The fraction of sp³-hybridized carbons (Fsp3) is 0.371. The predicted molar refractivity (Wildman–Crippen MR) is 206 cm³/mol. The van der Waals surface area contributed by atoms with Crippen LogP contribution in [0, 0.1) is 6.92 Å². The molecular weight excluding hydrogens is 820 g/mol. The summed E-state index contributed by atoms with van der Waals surface area (Å²) >= 11 is 0.828. The number of anilines is 1. The van der Waals surface area contributed by atoms with Gasteiger partial charge in [0.25, 0.3) is 5.56 Å². The molecule has 4 bridgehead atoms. The molecule has 8 rings (SSSR count). The minimum absolute atomic E-state index is 0.0423. The Balaban J connectivity index is 1.11. The molecule has 3 aromatic heterocycles. The fourth-order valence-electron chi connectivity index (χ4n) is 6.88. The number of nitrogens with zero attached hydrogens (tertiary/aromatic N) is 5. The van der Waals surface area contributed by atoms with Crippen molar-refractivity contribution < 1.29 is 51.1 Å². The number of carbonyl (C=O) groups excluding carboxylic acids is 1. The van der Waals surface area contributed by atoms with Gasteiger partial charge < -0.3 is 24.8 Å². The number of ether oxygens (including phenoxy) is 3. The minimum Gasteiger partial charge on any atom is -0.382 e. The van der Waals surface area contributed by atoms with Gasteiger partial charge in [-0.05, 0) is 23.9 Å². The molecule has 6 heterocycles. The molecule has 3 aliphatic heterocycles. The molecule has 3 fully saturated rings. The topological polar surface area (TPSA) is 261 Å². The quantitative estimate of drug-likeness (QED) is 0.149. The van der Waals surface area contributed by atoms with Crippen LogP contribution in [-0.2, 0) is 47.2 Å². The molecule has 4 N–H and O–H groups in total. The SMILES string of the molecule is CO[C@H]1[C@H]2OP(=O)(SCc3ccc(C(=O)c4ccc(C)cc4)cc3)OC[C@@H]3C[C@@H](OP(=O)(O)OC[C@H]1O[C@H]2n1ccc(=O)[nH]c1=O)[C@H](n1cnc2c(N)ncnc21)O3. The Labute approximate surface area is 332 Å². The number of ketones is 1. The number of phosphoric acid groups is 1. The third-order valence-corrected chi connectivity index (χ3v) is 14.4. The highest BCUT2D eigenvalue weighted by Gasteiger charge is 2.53. The van der Waals surface area contributed by atoms with Crippen LogP contribution >= 0.6 is 26.0 Å². The predicted octanol–water partition coefficient (Wildman–Crippen LogP) is 3.66. The maximum absolute atomic E-state index is 15.0. The summed E-state index contributed by atoms with van der Waals surface area (Å²) in [4.78, 5) is 63.7. The Morgan fingerprint density at radius 2 is 1.69 bits per heavy atom. The zero-order chi connectivity index (χ0) is 40.8. The smallest absolute Gasteiger partial charge is 0.382 e. The summed E-state index contributed by atoms with van der Waals surface area (Å²) in [6, 6.07) is 15.1. The number of phosphoric ester groups is 1. The van der Waals surface area contributed by atoms with Gasteiger partial charge in [-0.25, -0.2) is 28.9 Å². The van der Waals surface area contributed by atoms with Crippen LogP contribution < -0.4 is 17.0 Å². The molecule has 9 atom stereocenters. The van der Waals surface area contributed by atoms with Crippen LogP contribution in [0.25, 0.3) is 11.2 Å². The van der Waals surface area contributed by atoms with Crippen LogP contribution in [0.3, 0.4) is 0 Å². The number of H-pyrrole nitrogens is 1. The van der Waals surface area contributed by atoms with Crippen LogP contribution in [0.5, 0.6) is 0 Å². The maximum atomic E-state index is 15.0. The third kappa shape index (κ3) is 8.39. The monoisotopic (exact) mass is 857 g/mol. The fourth-order valence-corrected chi connectivity index (χ4v) is 11.2. The van der Waals surface area contributed by atoms with Crippen molar-refractivity contribution in [1.82, 2.24) is 29.1 Å². The molecule has 2 aromatic carbocycles. The van der Waals surface area contributed by atoms with E-state index >= 15 is 4.57 Å². The van der Waals surface area contributed by atoms with Gasteiger partial charge in [-0.1, -0.05) is 54.1 Å². The molecule has 0 amide bonds. The van der Waals surface area contributed by atoms with E-state index in [-0.39, 0.29) is 41.5 Å². The van der Waals surface area contributed by atoms with Gasteiger partial charge in [-0.2, -0.15) is 0 Å². The number of benzene rings is 2. The Bertz CT molecular complexity index is 2540. The number of hydrogen-bond donors (Lipinski definition) is 3. The number of aromatic amines is 1. The second-order valence-corrected chi connectivity index (χ2v) is 19.1. The van der Waals surface area contributed by atoms with Gasteiger partial charge in [0, 0.05) is 42.7 Å². The first kappa shape index (κ1) is 40.4. The van der Waals surface area contributed by atoms with Gasteiger partial charge in [-0.15, -0.1) is 0 Å². The van der Waals surface area contributed by atoms with Gasteiger partial charge in [0.15, 0.2) is 29.7 Å². The van der Waals surface area contributed by atoms with Gasteiger partial charge in [0.2, 0.25) is 0 Å². The maximum Gasteiger partial charge on any atom is 0.472 e. The van der Waals surface area contributed by atoms with Gasteiger partial charge in [0.05, 0.1) is 25.6 Å². The van der Waals surface area contributed by atoms with E-state index < -0.39 is 75.5 Å². The third-order valence-electron chi connectivity index (χ3n) is 9.75. The van der Waals surface area contributed by atoms with Crippen molar-refractivity contribution in [3.8, 4) is 0 Å². The van der Waals surface area contributed by atoms with Crippen molar-refractivity contribution in [1.29, 1.82) is 0 Å². The Kier molecular flexibility index (Phi) is 11.4. The van der Waals surface area contributed by atoms with Crippen LogP contribution in [0.2, 0.25) is 0 Å². The molecule has 20 nitrogen and oxygen atoms in total. The van der Waals surface area contributed by atoms with Crippen LogP contribution in [0.4, 0.5) is 5.82 Å². The average molecular weight is 858 g/mol. The van der Waals surface area contributed by atoms with E-state index in [0.717, 1.165) is 33.8 Å². The van der Waals surface area contributed by atoms with E-state index in [1.165, 1.54) is 24.3 Å². The van der Waals surface area contributed by atoms with Crippen molar-refractivity contribution in [3.63, 3.8) is 0 Å². The molecule has 0 radical (unpaired) electrons. The first-order chi connectivity index (χ1) is 27.8. The Morgan fingerprint density at radius 1 is 0.948 bits per heavy atom. The first-order valence-electron chi connectivity index (χ1n) is 17.8. The van der Waals surface area contributed by atoms with Crippen molar-refractivity contribution in [3.05, 3.63) is 117 Å². The number of nitrogens with one attached hydrogen (secondary N) is 1. The highest BCUT2D eigenvalue weighted by molar-refractivity contribution is 8.54. The summed E-state index contributed by atoms with van der Waals surface area (Å²) in [6.07, 6.45) is -4.57. The molecule has 5 aromatic rings. The van der Waals surface area contributed by atoms with Crippen LogP contribution in [-0.4, -0.2) is 90.6 Å².